The molecule has 1 fully saturated rings. The van der Waals surface area contributed by atoms with Gasteiger partial charge in [0.15, 0.2) is 0 Å². The van der Waals surface area contributed by atoms with Crippen molar-refractivity contribution in [2.75, 3.05) is 38.0 Å². The minimum atomic E-state index is -4.78. The molecule has 1 aliphatic carbocycles. The normalized spacial score (nSPS) is 15.6. The SMILES string of the molecule is CCOP(=O)(Cc1ccc(Nc2ncc(C(F)(F)F)c(Nc3cnc(C4CCCCC4)c4c3C(=O)N(C)C4)n2)c(OC)c1)OCC. The van der Waals surface area contributed by atoms with Crippen LogP contribution >= 0.6 is 7.60 Å². The molecule has 1 aliphatic heterocycles. The topological polar surface area (TPSA) is 128 Å². The van der Waals surface area contributed by atoms with Crippen molar-refractivity contribution in [3.8, 4) is 5.75 Å². The van der Waals surface area contributed by atoms with Gasteiger partial charge in [0.25, 0.3) is 5.91 Å². The first-order chi connectivity index (χ1) is 22.0. The lowest BCUT2D eigenvalue weighted by molar-refractivity contribution is -0.137. The van der Waals surface area contributed by atoms with Crippen molar-refractivity contribution >= 4 is 36.6 Å². The maximum atomic E-state index is 14.1. The van der Waals surface area contributed by atoms with Gasteiger partial charge in [0.05, 0.1) is 49.6 Å². The predicted molar refractivity (Wildman–Crippen MR) is 167 cm³/mol. The zero-order valence-electron chi connectivity index (χ0n) is 26.2. The van der Waals surface area contributed by atoms with Gasteiger partial charge in [0.2, 0.25) is 5.95 Å². The lowest BCUT2D eigenvalue weighted by atomic mass is 9.84. The van der Waals surface area contributed by atoms with Crippen LogP contribution in [0.1, 0.15) is 84.6 Å². The summed E-state index contributed by atoms with van der Waals surface area (Å²) in [5.74, 6) is -0.456. The summed E-state index contributed by atoms with van der Waals surface area (Å²) in [7, 11) is -0.301. The van der Waals surface area contributed by atoms with Gasteiger partial charge in [-0.2, -0.15) is 18.2 Å². The average Bonchev–Trinajstić information content (AvgIpc) is 3.32. The van der Waals surface area contributed by atoms with Crippen LogP contribution in [0.4, 0.5) is 36.3 Å². The summed E-state index contributed by atoms with van der Waals surface area (Å²) in [6.45, 7) is 4.21. The van der Waals surface area contributed by atoms with Crippen LogP contribution in [-0.2, 0) is 32.5 Å². The molecule has 11 nitrogen and oxygen atoms in total. The summed E-state index contributed by atoms with van der Waals surface area (Å²) in [6.07, 6.45) is 2.56. The van der Waals surface area contributed by atoms with Crippen molar-refractivity contribution in [3.05, 3.63) is 58.5 Å². The summed E-state index contributed by atoms with van der Waals surface area (Å²) in [5, 5.41) is 5.67. The maximum absolute atomic E-state index is 14.1. The van der Waals surface area contributed by atoms with Gasteiger partial charge in [-0.1, -0.05) is 25.3 Å². The summed E-state index contributed by atoms with van der Waals surface area (Å²) in [6, 6.07) is 4.91. The molecule has 248 valence electrons. The van der Waals surface area contributed by atoms with Gasteiger partial charge in [-0.25, -0.2) is 4.98 Å². The molecule has 1 amide bonds. The van der Waals surface area contributed by atoms with Crippen LogP contribution in [0.2, 0.25) is 0 Å². The van der Waals surface area contributed by atoms with Crippen LogP contribution in [0, 0.1) is 0 Å². The molecule has 2 N–H and O–H groups in total. The Hall–Kier alpha value is -3.74. The van der Waals surface area contributed by atoms with Crippen molar-refractivity contribution in [1.29, 1.82) is 0 Å². The van der Waals surface area contributed by atoms with Crippen LogP contribution in [0.3, 0.4) is 0 Å². The van der Waals surface area contributed by atoms with E-state index in [1.165, 1.54) is 13.3 Å². The lowest BCUT2D eigenvalue weighted by Crippen LogP contribution is -2.18. The smallest absolute Gasteiger partial charge is 0.421 e. The van der Waals surface area contributed by atoms with Gasteiger partial charge in [0, 0.05) is 37.0 Å². The van der Waals surface area contributed by atoms with Crippen molar-refractivity contribution in [2.45, 2.75) is 70.8 Å². The third kappa shape index (κ3) is 7.29. The van der Waals surface area contributed by atoms with Gasteiger partial charge in [0.1, 0.15) is 17.1 Å². The number of anilines is 4. The Morgan fingerprint density at radius 3 is 2.39 bits per heavy atom. The number of halogens is 3. The van der Waals surface area contributed by atoms with E-state index in [4.69, 9.17) is 13.8 Å². The fourth-order valence-electron chi connectivity index (χ4n) is 5.97. The standard InChI is InChI=1S/C31H38F3N6O5P/c1-5-44-46(42,45-6-2)18-19-12-13-23(25(14-19)43-4)38-30-36-15-22(31(32,33)34)28(39-30)37-24-16-35-27(20-10-8-7-9-11-20)21-17-40(3)29(41)26(21)24/h12-16,20H,5-11,17-18H2,1-4H3,(H2,36,37,38,39). The van der Waals surface area contributed by atoms with Crippen LogP contribution in [0.15, 0.2) is 30.6 Å². The minimum Gasteiger partial charge on any atom is -0.495 e. The van der Waals surface area contributed by atoms with E-state index >= 15 is 0 Å². The Balaban J connectivity index is 1.46. The molecule has 0 saturated heterocycles. The van der Waals surface area contributed by atoms with Crippen LogP contribution in [0.5, 0.6) is 5.75 Å². The zero-order valence-corrected chi connectivity index (χ0v) is 27.1. The Kier molecular flexibility index (Phi) is 10.2. The number of carbonyl (C=O) groups is 1. The summed E-state index contributed by atoms with van der Waals surface area (Å²) in [5.41, 5.74) is 1.91. The monoisotopic (exact) mass is 662 g/mol. The number of hydrogen-bond acceptors (Lipinski definition) is 10. The number of benzene rings is 1. The number of methoxy groups -OCH3 is 1. The summed E-state index contributed by atoms with van der Waals surface area (Å²) < 4.78 is 71.7. The van der Waals surface area contributed by atoms with Gasteiger partial charge in [-0.15, -0.1) is 0 Å². The molecule has 1 saturated carbocycles. The number of rotatable bonds is 12. The highest BCUT2D eigenvalue weighted by Gasteiger charge is 2.38. The second-order valence-corrected chi connectivity index (χ2v) is 13.3. The molecule has 2 aromatic heterocycles. The highest BCUT2D eigenvalue weighted by atomic mass is 31.2. The fraction of sp³-hybridized carbons (Fsp3) is 0.484. The first-order valence-corrected chi connectivity index (χ1v) is 17.0. The second kappa shape index (κ2) is 13.9. The number of nitrogens with one attached hydrogen (secondary N) is 2. The Bertz CT molecular complexity index is 1620. The number of aromatic nitrogens is 3. The van der Waals surface area contributed by atoms with Gasteiger partial charge >= 0.3 is 13.8 Å². The van der Waals surface area contributed by atoms with Crippen molar-refractivity contribution < 1.29 is 36.3 Å². The molecule has 0 unspecified atom stereocenters. The van der Waals surface area contributed by atoms with Crippen molar-refractivity contribution in [1.82, 2.24) is 19.9 Å². The molecule has 0 radical (unpaired) electrons. The molecule has 2 aliphatic rings. The lowest BCUT2D eigenvalue weighted by Gasteiger charge is -2.23. The van der Waals surface area contributed by atoms with E-state index in [2.05, 4.69) is 25.6 Å². The van der Waals surface area contributed by atoms with E-state index in [1.807, 2.05) is 0 Å². The number of alkyl halides is 3. The Morgan fingerprint density at radius 1 is 1.02 bits per heavy atom. The van der Waals surface area contributed by atoms with E-state index < -0.39 is 25.2 Å². The number of amides is 1. The van der Waals surface area contributed by atoms with Gasteiger partial charge in [-0.05, 0) is 44.4 Å². The molecule has 1 aromatic carbocycles. The third-order valence-electron chi connectivity index (χ3n) is 8.05. The predicted octanol–water partition coefficient (Wildman–Crippen LogP) is 7.79. The minimum absolute atomic E-state index is 0.00195. The zero-order chi connectivity index (χ0) is 33.1. The number of carbonyl (C=O) groups excluding carboxylic acids is 1. The molecule has 0 bridgehead atoms. The highest BCUT2D eigenvalue weighted by Crippen LogP contribution is 2.52. The fourth-order valence-corrected chi connectivity index (χ4v) is 7.66. The molecule has 0 atom stereocenters. The molecular weight excluding hydrogens is 624 g/mol. The van der Waals surface area contributed by atoms with Gasteiger partial charge < -0.3 is 29.3 Å². The number of hydrogen-bond donors (Lipinski definition) is 2. The molecule has 5 rings (SSSR count). The van der Waals surface area contributed by atoms with Crippen LogP contribution < -0.4 is 15.4 Å². The Labute approximate surface area is 265 Å². The largest absolute Gasteiger partial charge is 0.495 e. The number of pyridine rings is 1. The molecule has 3 heterocycles. The van der Waals surface area contributed by atoms with E-state index in [-0.39, 0.29) is 42.8 Å². The highest BCUT2D eigenvalue weighted by molar-refractivity contribution is 7.53. The quantitative estimate of drug-likeness (QED) is 0.186. The van der Waals surface area contributed by atoms with Crippen LogP contribution in [0.25, 0.3) is 0 Å². The Morgan fingerprint density at radius 2 is 1.74 bits per heavy atom. The second-order valence-electron chi connectivity index (χ2n) is 11.2. The maximum Gasteiger partial charge on any atom is 0.421 e. The van der Waals surface area contributed by atoms with Gasteiger partial charge in [-0.3, -0.25) is 14.3 Å². The third-order valence-corrected chi connectivity index (χ3v) is 10.1. The van der Waals surface area contributed by atoms with E-state index in [0.717, 1.165) is 43.4 Å². The van der Waals surface area contributed by atoms with E-state index in [0.29, 0.717) is 35.3 Å². The van der Waals surface area contributed by atoms with Crippen molar-refractivity contribution in [3.63, 3.8) is 0 Å². The summed E-state index contributed by atoms with van der Waals surface area (Å²) >= 11 is 0. The number of ether oxygens (including phenoxy) is 1. The number of fused-ring (bicyclic) bond motifs is 1. The van der Waals surface area contributed by atoms with Crippen molar-refractivity contribution in [2.24, 2.45) is 0 Å². The average molecular weight is 663 g/mol. The first-order valence-electron chi connectivity index (χ1n) is 15.3. The summed E-state index contributed by atoms with van der Waals surface area (Å²) in [4.78, 5) is 27.5. The first kappa shape index (κ1) is 33.6. The molecular formula is C31H38F3N6O5P. The number of nitrogens with zero attached hydrogens (tertiary/aromatic N) is 4. The molecule has 15 heteroatoms. The molecule has 0 spiro atoms. The molecule has 3 aromatic rings. The van der Waals surface area contributed by atoms with E-state index in [1.54, 1.807) is 44.0 Å². The van der Waals surface area contributed by atoms with E-state index in [9.17, 15) is 22.5 Å². The molecule has 46 heavy (non-hydrogen) atoms. The van der Waals surface area contributed by atoms with Crippen LogP contribution in [-0.4, -0.2) is 53.1 Å².